The smallest absolute Gasteiger partial charge is 0.172 e. The lowest BCUT2D eigenvalue weighted by Crippen LogP contribution is -1.81. The first-order chi connectivity index (χ1) is 7.81. The highest BCUT2D eigenvalue weighted by molar-refractivity contribution is 8.01. The lowest BCUT2D eigenvalue weighted by Gasteiger charge is -1.88. The van der Waals surface area contributed by atoms with Gasteiger partial charge in [0.2, 0.25) is 0 Å². The molecule has 0 aliphatic carbocycles. The topological polar surface area (TPSA) is 67.6 Å². The number of nitrogen functional groups attached to an aromatic ring is 1. The van der Waals surface area contributed by atoms with Crippen LogP contribution in [0.2, 0.25) is 0 Å². The van der Waals surface area contributed by atoms with Crippen LogP contribution in [0.5, 0.6) is 0 Å². The number of rotatable bonds is 2. The summed E-state index contributed by atoms with van der Waals surface area (Å²) in [6, 6.07) is 5.75. The van der Waals surface area contributed by atoms with Crippen molar-refractivity contribution < 1.29 is 0 Å². The van der Waals surface area contributed by atoms with E-state index in [1.165, 1.54) is 11.8 Å². The molecular weight excluding hydrogens is 240 g/mol. The van der Waals surface area contributed by atoms with Crippen LogP contribution in [-0.2, 0) is 0 Å². The highest BCUT2D eigenvalue weighted by Crippen LogP contribution is 2.33. The number of nitrogens with one attached hydrogen (secondary N) is 1. The van der Waals surface area contributed by atoms with Gasteiger partial charge in [-0.05, 0) is 30.0 Å². The van der Waals surface area contributed by atoms with Crippen molar-refractivity contribution in [1.29, 1.82) is 0 Å². The largest absolute Gasteiger partial charge is 0.399 e. The number of aromatic nitrogens is 3. The molecule has 2 aromatic heterocycles. The molecule has 0 atom stereocenters. The molecule has 1 aromatic carbocycles. The molecule has 0 amide bonds. The molecule has 3 aromatic rings. The fourth-order valence-electron chi connectivity index (χ4n) is 1.35. The van der Waals surface area contributed by atoms with Gasteiger partial charge in [0.1, 0.15) is 0 Å². The minimum Gasteiger partial charge on any atom is -0.399 e. The van der Waals surface area contributed by atoms with Crippen molar-refractivity contribution in [3.63, 3.8) is 0 Å². The molecule has 6 heteroatoms. The second kappa shape index (κ2) is 3.80. The maximum atomic E-state index is 5.72. The van der Waals surface area contributed by atoms with E-state index in [9.17, 15) is 0 Å². The highest BCUT2D eigenvalue weighted by Gasteiger charge is 2.06. The van der Waals surface area contributed by atoms with Crippen molar-refractivity contribution in [2.24, 2.45) is 0 Å². The molecule has 2 heterocycles. The molecule has 0 bridgehead atoms. The monoisotopic (exact) mass is 248 g/mol. The minimum absolute atomic E-state index is 0.769. The van der Waals surface area contributed by atoms with Crippen LogP contribution in [0.4, 0.5) is 5.69 Å². The molecule has 0 unspecified atom stereocenters. The zero-order chi connectivity index (χ0) is 11.0. The van der Waals surface area contributed by atoms with Crippen molar-refractivity contribution in [3.05, 3.63) is 30.6 Å². The third-order valence-electron chi connectivity index (χ3n) is 2.05. The Balaban J connectivity index is 1.99. The summed E-state index contributed by atoms with van der Waals surface area (Å²) < 4.78 is 2.07. The van der Waals surface area contributed by atoms with Crippen LogP contribution in [0, 0.1) is 0 Å². The van der Waals surface area contributed by atoms with Gasteiger partial charge in [-0.1, -0.05) is 0 Å². The zero-order valence-corrected chi connectivity index (χ0v) is 9.81. The van der Waals surface area contributed by atoms with Crippen LogP contribution in [0.3, 0.4) is 0 Å². The predicted octanol–water partition coefficient (Wildman–Crippen LogP) is 2.75. The van der Waals surface area contributed by atoms with Gasteiger partial charge in [-0.25, -0.2) is 9.97 Å². The van der Waals surface area contributed by atoms with Crippen LogP contribution < -0.4 is 5.73 Å². The number of benzene rings is 1. The normalized spacial score (nSPS) is 11.0. The van der Waals surface area contributed by atoms with E-state index in [-0.39, 0.29) is 0 Å². The van der Waals surface area contributed by atoms with E-state index in [0.717, 1.165) is 25.4 Å². The van der Waals surface area contributed by atoms with Gasteiger partial charge in [0.15, 0.2) is 9.50 Å². The van der Waals surface area contributed by atoms with E-state index in [2.05, 4.69) is 15.0 Å². The number of nitrogens with two attached hydrogens (primary N) is 1. The Kier molecular flexibility index (Phi) is 2.30. The third-order valence-corrected chi connectivity index (χ3v) is 4.05. The number of anilines is 1. The summed E-state index contributed by atoms with van der Waals surface area (Å²) in [4.78, 5) is 11.7. The zero-order valence-electron chi connectivity index (χ0n) is 8.18. The molecule has 3 rings (SSSR count). The van der Waals surface area contributed by atoms with Crippen molar-refractivity contribution >= 4 is 39.0 Å². The first-order valence-electron chi connectivity index (χ1n) is 4.64. The number of hydrogen-bond donors (Lipinski definition) is 2. The molecule has 0 radical (unpaired) electrons. The maximum Gasteiger partial charge on any atom is 0.172 e. The summed E-state index contributed by atoms with van der Waals surface area (Å²) in [5.74, 6) is 0. The Hall–Kier alpha value is -1.53. The molecule has 4 nitrogen and oxygen atoms in total. The summed E-state index contributed by atoms with van der Waals surface area (Å²) in [7, 11) is 0. The summed E-state index contributed by atoms with van der Waals surface area (Å²) in [5, 5.41) is 0.854. The second-order valence-corrected chi connectivity index (χ2v) is 5.47. The number of aromatic amines is 1. The van der Waals surface area contributed by atoms with E-state index in [4.69, 9.17) is 5.73 Å². The Labute approximate surface area is 99.9 Å². The van der Waals surface area contributed by atoms with Gasteiger partial charge in [0.05, 0.1) is 10.2 Å². The SMILES string of the molecule is Nc1ccc2nc(Sc3ncc[nH]3)sc2c1. The molecule has 0 saturated heterocycles. The maximum absolute atomic E-state index is 5.72. The van der Waals surface area contributed by atoms with Gasteiger partial charge in [0.25, 0.3) is 0 Å². The third kappa shape index (κ3) is 1.77. The number of hydrogen-bond acceptors (Lipinski definition) is 5. The van der Waals surface area contributed by atoms with E-state index in [0.29, 0.717) is 0 Å². The number of H-pyrrole nitrogens is 1. The summed E-state index contributed by atoms with van der Waals surface area (Å²) >= 11 is 3.15. The summed E-state index contributed by atoms with van der Waals surface area (Å²) in [6.07, 6.45) is 3.53. The van der Waals surface area contributed by atoms with Crippen molar-refractivity contribution in [3.8, 4) is 0 Å². The average molecular weight is 248 g/mol. The predicted molar refractivity (Wildman–Crippen MR) is 66.7 cm³/mol. The number of nitrogens with zero attached hydrogens (tertiary/aromatic N) is 2. The van der Waals surface area contributed by atoms with Crippen LogP contribution in [0.1, 0.15) is 0 Å². The van der Waals surface area contributed by atoms with Crippen LogP contribution in [0.15, 0.2) is 40.1 Å². The van der Waals surface area contributed by atoms with Crippen molar-refractivity contribution in [1.82, 2.24) is 15.0 Å². The molecular formula is C10H8N4S2. The molecule has 0 spiro atoms. The van der Waals surface area contributed by atoms with Gasteiger partial charge < -0.3 is 10.7 Å². The van der Waals surface area contributed by atoms with E-state index < -0.39 is 0 Å². The minimum atomic E-state index is 0.769. The van der Waals surface area contributed by atoms with Crippen molar-refractivity contribution in [2.45, 2.75) is 9.50 Å². The fourth-order valence-corrected chi connectivity index (χ4v) is 3.32. The Morgan fingerprint density at radius 2 is 2.31 bits per heavy atom. The van der Waals surface area contributed by atoms with E-state index in [1.54, 1.807) is 23.7 Å². The summed E-state index contributed by atoms with van der Waals surface area (Å²) in [5.41, 5.74) is 7.47. The van der Waals surface area contributed by atoms with Gasteiger partial charge in [-0.2, -0.15) is 0 Å². The van der Waals surface area contributed by atoms with Gasteiger partial charge in [0, 0.05) is 18.1 Å². The standard InChI is InChI=1S/C10H8N4S2/c11-6-1-2-7-8(5-6)15-10(14-7)16-9-12-3-4-13-9/h1-5H,11H2,(H,12,13). The molecule has 0 fully saturated rings. The fraction of sp³-hybridized carbons (Fsp3) is 0. The van der Waals surface area contributed by atoms with E-state index in [1.807, 2.05) is 18.2 Å². The Morgan fingerprint density at radius 1 is 1.38 bits per heavy atom. The first kappa shape index (κ1) is 9.68. The van der Waals surface area contributed by atoms with Crippen LogP contribution in [0.25, 0.3) is 10.2 Å². The molecule has 0 aliphatic heterocycles. The van der Waals surface area contributed by atoms with E-state index >= 15 is 0 Å². The quantitative estimate of drug-likeness (QED) is 0.684. The molecule has 16 heavy (non-hydrogen) atoms. The average Bonchev–Trinajstić information content (AvgIpc) is 2.86. The molecule has 80 valence electrons. The molecule has 0 aliphatic rings. The van der Waals surface area contributed by atoms with Gasteiger partial charge in [-0.15, -0.1) is 11.3 Å². The summed E-state index contributed by atoms with van der Waals surface area (Å²) in [6.45, 7) is 0. The van der Waals surface area contributed by atoms with Crippen LogP contribution in [-0.4, -0.2) is 15.0 Å². The van der Waals surface area contributed by atoms with Gasteiger partial charge >= 0.3 is 0 Å². The Bertz CT molecular complexity index is 615. The number of imidazole rings is 1. The first-order valence-corrected chi connectivity index (χ1v) is 6.28. The van der Waals surface area contributed by atoms with Crippen molar-refractivity contribution in [2.75, 3.05) is 5.73 Å². The van der Waals surface area contributed by atoms with Crippen LogP contribution >= 0.6 is 23.1 Å². The second-order valence-electron chi connectivity index (χ2n) is 3.20. The lowest BCUT2D eigenvalue weighted by molar-refractivity contribution is 1.06. The Morgan fingerprint density at radius 3 is 3.12 bits per heavy atom. The molecule has 3 N–H and O–H groups in total. The molecule has 0 saturated carbocycles. The van der Waals surface area contributed by atoms with Gasteiger partial charge in [-0.3, -0.25) is 0 Å². The number of fused-ring (bicyclic) bond motifs is 1. The highest BCUT2D eigenvalue weighted by atomic mass is 32.2. The number of thiazole rings is 1. The lowest BCUT2D eigenvalue weighted by atomic mass is 10.3.